The molecule has 0 fully saturated rings. The van der Waals surface area contributed by atoms with Gasteiger partial charge >= 0.3 is 18.0 Å². The van der Waals surface area contributed by atoms with Gasteiger partial charge in [-0.25, -0.2) is 4.79 Å². The molecular formula is C7H3F3N2O6. The molecule has 0 aliphatic carbocycles. The molecule has 0 aromatic carbocycles. The van der Waals surface area contributed by atoms with Crippen molar-refractivity contribution in [3.05, 3.63) is 32.1 Å². The number of hydrogen-bond donors (Lipinski definition) is 2. The van der Waals surface area contributed by atoms with E-state index >= 15 is 0 Å². The van der Waals surface area contributed by atoms with Gasteiger partial charge in [-0.2, -0.15) is 0 Å². The van der Waals surface area contributed by atoms with E-state index in [0.717, 1.165) is 0 Å². The van der Waals surface area contributed by atoms with E-state index in [9.17, 15) is 32.9 Å². The molecule has 1 rings (SSSR count). The van der Waals surface area contributed by atoms with Crippen molar-refractivity contribution in [3.8, 4) is 5.88 Å². The van der Waals surface area contributed by atoms with Gasteiger partial charge in [0.2, 0.25) is 0 Å². The summed E-state index contributed by atoms with van der Waals surface area (Å²) in [4.78, 5) is 32.1. The predicted octanol–water partition coefficient (Wildman–Crippen LogP) is 0.880. The molecule has 0 radical (unpaired) electrons. The molecule has 0 unspecified atom stereocenters. The summed E-state index contributed by atoms with van der Waals surface area (Å²) < 4.78 is 39.0. The fraction of sp³-hybridized carbons (Fsp3) is 0.143. The lowest BCUT2D eigenvalue weighted by atomic mass is 10.3. The number of pyridine rings is 1. The molecular weight excluding hydrogens is 265 g/mol. The molecule has 1 aromatic rings. The van der Waals surface area contributed by atoms with Gasteiger partial charge in [0.05, 0.1) is 4.92 Å². The number of nitrogens with zero attached hydrogens (tertiary/aromatic N) is 1. The fourth-order valence-corrected chi connectivity index (χ4v) is 1.01. The van der Waals surface area contributed by atoms with Crippen LogP contribution in [0, 0.1) is 10.1 Å². The van der Waals surface area contributed by atoms with Crippen LogP contribution in [0.5, 0.6) is 5.88 Å². The summed E-state index contributed by atoms with van der Waals surface area (Å²) in [6, 6.07) is 0.281. The normalized spacial score (nSPS) is 11.1. The second kappa shape index (κ2) is 4.35. The number of rotatable bonds is 3. The van der Waals surface area contributed by atoms with E-state index in [1.54, 1.807) is 0 Å². The maximum absolute atomic E-state index is 11.9. The summed E-state index contributed by atoms with van der Waals surface area (Å²) >= 11 is 0. The monoisotopic (exact) mass is 268 g/mol. The van der Waals surface area contributed by atoms with Gasteiger partial charge < -0.3 is 14.8 Å². The van der Waals surface area contributed by atoms with Crippen LogP contribution in [0.2, 0.25) is 0 Å². The second-order valence-corrected chi connectivity index (χ2v) is 2.84. The Kier molecular flexibility index (Phi) is 3.26. The number of alkyl halides is 3. The van der Waals surface area contributed by atoms with Crippen molar-refractivity contribution in [2.24, 2.45) is 0 Å². The SMILES string of the molecule is O=C(O)c1cc(=O)c([N+](=O)[O-])c(OC(F)(F)F)[nH]1. The Morgan fingerprint density at radius 1 is 1.50 bits per heavy atom. The average Bonchev–Trinajstić information content (AvgIpc) is 2.12. The smallest absolute Gasteiger partial charge is 0.477 e. The number of halogens is 3. The molecule has 0 atom stereocenters. The zero-order valence-corrected chi connectivity index (χ0v) is 8.15. The van der Waals surface area contributed by atoms with Gasteiger partial charge in [-0.05, 0) is 0 Å². The topological polar surface area (TPSA) is 123 Å². The highest BCUT2D eigenvalue weighted by atomic mass is 19.4. The lowest BCUT2D eigenvalue weighted by molar-refractivity contribution is -0.390. The summed E-state index contributed by atoms with van der Waals surface area (Å²) in [7, 11) is 0. The van der Waals surface area contributed by atoms with Gasteiger partial charge in [0.25, 0.3) is 11.3 Å². The minimum Gasteiger partial charge on any atom is -0.477 e. The standard InChI is InChI=1S/C7H3F3N2O6/c8-7(9,10)18-5-4(12(16)17)3(13)1-2(11-5)6(14)15/h1H,(H,11,13)(H,14,15). The average molecular weight is 268 g/mol. The highest BCUT2D eigenvalue weighted by Gasteiger charge is 2.36. The third kappa shape index (κ3) is 2.96. The zero-order valence-electron chi connectivity index (χ0n) is 8.15. The van der Waals surface area contributed by atoms with Crippen LogP contribution in [0.25, 0.3) is 0 Å². The molecule has 1 aromatic heterocycles. The van der Waals surface area contributed by atoms with Crippen molar-refractivity contribution >= 4 is 11.7 Å². The number of carboxylic acids is 1. The molecule has 1 heterocycles. The van der Waals surface area contributed by atoms with Crippen molar-refractivity contribution in [3.63, 3.8) is 0 Å². The molecule has 0 amide bonds. The number of aromatic amines is 1. The quantitative estimate of drug-likeness (QED) is 0.619. The van der Waals surface area contributed by atoms with Crippen LogP contribution < -0.4 is 10.2 Å². The maximum Gasteiger partial charge on any atom is 0.574 e. The third-order valence-electron chi connectivity index (χ3n) is 1.60. The number of H-pyrrole nitrogens is 1. The third-order valence-corrected chi connectivity index (χ3v) is 1.60. The molecule has 18 heavy (non-hydrogen) atoms. The molecule has 0 saturated heterocycles. The van der Waals surface area contributed by atoms with Crippen molar-refractivity contribution in [1.29, 1.82) is 0 Å². The molecule has 11 heteroatoms. The Bertz CT molecular complexity index is 563. The van der Waals surface area contributed by atoms with E-state index < -0.39 is 39.9 Å². The van der Waals surface area contributed by atoms with E-state index in [1.807, 2.05) is 0 Å². The number of carboxylic acid groups (broad SMARTS) is 1. The van der Waals surface area contributed by atoms with E-state index in [4.69, 9.17) is 5.11 Å². The number of hydrogen-bond acceptors (Lipinski definition) is 5. The lowest BCUT2D eigenvalue weighted by Gasteiger charge is -2.08. The van der Waals surface area contributed by atoms with Crippen LogP contribution in [0.1, 0.15) is 10.5 Å². The Labute approximate surface area is 94.8 Å². The van der Waals surface area contributed by atoms with Crippen molar-refractivity contribution in [1.82, 2.24) is 4.98 Å². The second-order valence-electron chi connectivity index (χ2n) is 2.84. The first-order valence-electron chi connectivity index (χ1n) is 4.02. The number of nitrogens with one attached hydrogen (secondary N) is 1. The zero-order chi connectivity index (χ0) is 14.1. The molecule has 0 spiro atoms. The Hall–Kier alpha value is -2.59. The lowest BCUT2D eigenvalue weighted by Crippen LogP contribution is -2.22. The van der Waals surface area contributed by atoms with E-state index in [1.165, 1.54) is 4.98 Å². The Morgan fingerprint density at radius 3 is 2.44 bits per heavy atom. The summed E-state index contributed by atoms with van der Waals surface area (Å²) in [5.74, 6) is -3.36. The fourth-order valence-electron chi connectivity index (χ4n) is 1.01. The minimum atomic E-state index is -5.31. The molecule has 2 N–H and O–H groups in total. The van der Waals surface area contributed by atoms with Crippen LogP contribution in [0.3, 0.4) is 0 Å². The van der Waals surface area contributed by atoms with Crippen LogP contribution >= 0.6 is 0 Å². The maximum atomic E-state index is 11.9. The number of ether oxygens (including phenoxy) is 1. The Morgan fingerprint density at radius 2 is 2.06 bits per heavy atom. The van der Waals surface area contributed by atoms with E-state index in [-0.39, 0.29) is 6.07 Å². The van der Waals surface area contributed by atoms with Crippen LogP contribution in [0.15, 0.2) is 10.9 Å². The summed E-state index contributed by atoms with van der Waals surface area (Å²) in [5.41, 5.74) is -4.02. The van der Waals surface area contributed by atoms with Gasteiger partial charge in [-0.3, -0.25) is 14.9 Å². The number of nitro groups is 1. The Balaban J connectivity index is 3.48. The van der Waals surface area contributed by atoms with Gasteiger partial charge in [0.1, 0.15) is 5.69 Å². The van der Waals surface area contributed by atoms with Crippen molar-refractivity contribution in [2.75, 3.05) is 0 Å². The molecule has 0 aliphatic rings. The first kappa shape index (κ1) is 13.5. The number of aromatic carboxylic acids is 1. The van der Waals surface area contributed by atoms with Crippen molar-refractivity contribution < 1.29 is 32.7 Å². The summed E-state index contributed by atoms with van der Waals surface area (Å²) in [5, 5.41) is 18.9. The largest absolute Gasteiger partial charge is 0.574 e. The van der Waals surface area contributed by atoms with Crippen LogP contribution in [-0.2, 0) is 0 Å². The predicted molar refractivity (Wildman–Crippen MR) is 47.4 cm³/mol. The minimum absolute atomic E-state index is 0.281. The summed E-state index contributed by atoms with van der Waals surface area (Å²) in [6.07, 6.45) is -5.31. The van der Waals surface area contributed by atoms with Crippen LogP contribution in [-0.4, -0.2) is 27.3 Å². The van der Waals surface area contributed by atoms with Crippen LogP contribution in [0.4, 0.5) is 18.9 Å². The summed E-state index contributed by atoms with van der Waals surface area (Å²) in [6.45, 7) is 0. The highest BCUT2D eigenvalue weighted by molar-refractivity contribution is 5.85. The number of aromatic nitrogens is 1. The first-order valence-corrected chi connectivity index (χ1v) is 4.02. The highest BCUT2D eigenvalue weighted by Crippen LogP contribution is 2.27. The van der Waals surface area contributed by atoms with Crippen molar-refractivity contribution in [2.45, 2.75) is 6.36 Å². The van der Waals surface area contributed by atoms with Gasteiger partial charge in [-0.1, -0.05) is 0 Å². The van der Waals surface area contributed by atoms with E-state index in [2.05, 4.69) is 4.74 Å². The van der Waals surface area contributed by atoms with Gasteiger partial charge in [0.15, 0.2) is 0 Å². The molecule has 0 saturated carbocycles. The number of carbonyl (C=O) groups is 1. The first-order chi connectivity index (χ1) is 8.11. The van der Waals surface area contributed by atoms with E-state index in [0.29, 0.717) is 0 Å². The molecule has 0 aliphatic heterocycles. The molecule has 8 nitrogen and oxygen atoms in total. The molecule has 0 bridgehead atoms. The van der Waals surface area contributed by atoms with Gasteiger partial charge in [0, 0.05) is 6.07 Å². The molecule has 98 valence electrons. The van der Waals surface area contributed by atoms with Gasteiger partial charge in [-0.15, -0.1) is 13.2 Å².